The van der Waals surface area contributed by atoms with Crippen molar-refractivity contribution in [2.75, 3.05) is 12.3 Å². The Bertz CT molecular complexity index is 825. The molecule has 2 aromatic rings. The summed E-state index contributed by atoms with van der Waals surface area (Å²) in [5.74, 6) is 0.232. The Kier molecular flexibility index (Phi) is 6.24. The number of fused-ring (bicyclic) bond motifs is 1. The van der Waals surface area contributed by atoms with Crippen LogP contribution in [0.3, 0.4) is 0 Å². The molecule has 1 aliphatic rings. The largest absolute Gasteiger partial charge is 0.336 e. The Labute approximate surface area is 164 Å². The number of rotatable bonds is 5. The molecule has 0 bridgehead atoms. The number of nitrogens with zero attached hydrogens (tertiary/aromatic N) is 1. The topological polar surface area (TPSA) is 37.4 Å². The summed E-state index contributed by atoms with van der Waals surface area (Å²) in [5, 5.41) is 0. The minimum absolute atomic E-state index is 0.0419. The van der Waals surface area contributed by atoms with Crippen LogP contribution in [0.25, 0.3) is 0 Å². The van der Waals surface area contributed by atoms with E-state index >= 15 is 0 Å². The zero-order valence-corrected chi connectivity index (χ0v) is 17.0. The molecule has 0 saturated carbocycles. The number of halogens is 2. The second-order valence-electron chi connectivity index (χ2n) is 6.46. The van der Waals surface area contributed by atoms with Gasteiger partial charge in [0.25, 0.3) is 0 Å². The van der Waals surface area contributed by atoms with Crippen LogP contribution in [-0.4, -0.2) is 27.3 Å². The summed E-state index contributed by atoms with van der Waals surface area (Å²) >= 11 is 3.36. The molecule has 1 heterocycles. The van der Waals surface area contributed by atoms with Crippen molar-refractivity contribution in [3.63, 3.8) is 0 Å². The Hall–Kier alpha value is -1.53. The lowest BCUT2D eigenvalue weighted by molar-refractivity contribution is -0.133. The zero-order chi connectivity index (χ0) is 18.7. The SMILES string of the molecule is CC1c2cc(F)ccc2CCN1C(=O)CCCS(=O)c1ccc(Br)cc1. The van der Waals surface area contributed by atoms with E-state index in [0.717, 1.165) is 26.9 Å². The van der Waals surface area contributed by atoms with E-state index in [1.165, 1.54) is 12.1 Å². The van der Waals surface area contributed by atoms with Gasteiger partial charge in [-0.1, -0.05) is 22.0 Å². The Balaban J connectivity index is 1.55. The summed E-state index contributed by atoms with van der Waals surface area (Å²) in [6.07, 6.45) is 1.68. The molecule has 0 saturated heterocycles. The summed E-state index contributed by atoms with van der Waals surface area (Å²) in [4.78, 5) is 15.2. The Morgan fingerprint density at radius 1 is 1.27 bits per heavy atom. The molecule has 1 aliphatic heterocycles. The molecule has 0 spiro atoms. The molecule has 3 nitrogen and oxygen atoms in total. The minimum atomic E-state index is -1.10. The molecular formula is C20H21BrFNO2S. The fourth-order valence-electron chi connectivity index (χ4n) is 3.33. The van der Waals surface area contributed by atoms with Crippen molar-refractivity contribution in [2.24, 2.45) is 0 Å². The van der Waals surface area contributed by atoms with Crippen LogP contribution < -0.4 is 0 Å². The first kappa shape index (κ1) is 19.2. The maximum atomic E-state index is 13.5. The molecule has 26 heavy (non-hydrogen) atoms. The van der Waals surface area contributed by atoms with Gasteiger partial charge < -0.3 is 4.90 Å². The van der Waals surface area contributed by atoms with E-state index in [9.17, 15) is 13.4 Å². The van der Waals surface area contributed by atoms with E-state index in [-0.39, 0.29) is 17.8 Å². The highest BCUT2D eigenvalue weighted by Gasteiger charge is 2.27. The van der Waals surface area contributed by atoms with Crippen LogP contribution in [0.1, 0.15) is 36.9 Å². The smallest absolute Gasteiger partial charge is 0.223 e. The van der Waals surface area contributed by atoms with Crippen LogP contribution in [0.15, 0.2) is 51.8 Å². The van der Waals surface area contributed by atoms with Gasteiger partial charge in [0.05, 0.1) is 16.8 Å². The summed E-state index contributed by atoms with van der Waals surface area (Å²) in [7, 11) is -1.10. The zero-order valence-electron chi connectivity index (χ0n) is 14.6. The molecule has 6 heteroatoms. The van der Waals surface area contributed by atoms with Gasteiger partial charge in [0.1, 0.15) is 5.82 Å². The molecule has 0 aliphatic carbocycles. The van der Waals surface area contributed by atoms with E-state index in [2.05, 4.69) is 15.9 Å². The standard InChI is InChI=1S/C20H21BrFNO2S/c1-14-19-13-17(22)7-4-15(19)10-11-23(14)20(24)3-2-12-26(25)18-8-5-16(21)6-9-18/h4-9,13-14H,2-3,10-12H2,1H3. The number of amides is 1. The molecule has 2 unspecified atom stereocenters. The van der Waals surface area contributed by atoms with Gasteiger partial charge in [0.2, 0.25) is 5.91 Å². The number of carbonyl (C=O) groups excluding carboxylic acids is 1. The van der Waals surface area contributed by atoms with E-state index in [0.29, 0.717) is 25.1 Å². The molecule has 0 fully saturated rings. The summed E-state index contributed by atoms with van der Waals surface area (Å²) in [5.41, 5.74) is 2.00. The highest BCUT2D eigenvalue weighted by atomic mass is 79.9. The van der Waals surface area contributed by atoms with E-state index in [1.54, 1.807) is 0 Å². The monoisotopic (exact) mass is 437 g/mol. The molecule has 0 aromatic heterocycles. The predicted octanol–water partition coefficient (Wildman–Crippen LogP) is 4.62. The first-order chi connectivity index (χ1) is 12.5. The Morgan fingerprint density at radius 2 is 2.00 bits per heavy atom. The lowest BCUT2D eigenvalue weighted by Gasteiger charge is -2.35. The summed E-state index contributed by atoms with van der Waals surface area (Å²) in [6, 6.07) is 12.1. The first-order valence-corrected chi connectivity index (χ1v) is 10.8. The van der Waals surface area contributed by atoms with E-state index in [4.69, 9.17) is 0 Å². The molecule has 0 N–H and O–H groups in total. The quantitative estimate of drug-likeness (QED) is 0.683. The van der Waals surface area contributed by atoms with Gasteiger partial charge in [-0.05, 0) is 67.3 Å². The van der Waals surface area contributed by atoms with Crippen molar-refractivity contribution >= 4 is 32.6 Å². The van der Waals surface area contributed by atoms with E-state index in [1.807, 2.05) is 42.2 Å². The third-order valence-corrected chi connectivity index (χ3v) is 6.75. The minimum Gasteiger partial charge on any atom is -0.336 e. The number of carbonyl (C=O) groups is 1. The van der Waals surface area contributed by atoms with Crippen LogP contribution >= 0.6 is 15.9 Å². The van der Waals surface area contributed by atoms with Crippen LogP contribution in [-0.2, 0) is 22.0 Å². The summed E-state index contributed by atoms with van der Waals surface area (Å²) < 4.78 is 26.8. The van der Waals surface area contributed by atoms with Crippen molar-refractivity contribution in [1.29, 1.82) is 0 Å². The van der Waals surface area contributed by atoms with Gasteiger partial charge in [0.15, 0.2) is 0 Å². The molecule has 138 valence electrons. The molecule has 3 rings (SSSR count). The second-order valence-corrected chi connectivity index (χ2v) is 8.95. The third kappa shape index (κ3) is 4.41. The van der Waals surface area contributed by atoms with Gasteiger partial charge in [-0.15, -0.1) is 0 Å². The van der Waals surface area contributed by atoms with Gasteiger partial charge in [-0.2, -0.15) is 0 Å². The molecular weight excluding hydrogens is 417 g/mol. The Morgan fingerprint density at radius 3 is 2.73 bits per heavy atom. The molecule has 2 aromatic carbocycles. The average molecular weight is 438 g/mol. The van der Waals surface area contributed by atoms with Crippen LogP contribution in [0.2, 0.25) is 0 Å². The van der Waals surface area contributed by atoms with Gasteiger partial charge in [-0.3, -0.25) is 9.00 Å². The maximum absolute atomic E-state index is 13.5. The molecule has 2 atom stereocenters. The van der Waals surface area contributed by atoms with Crippen LogP contribution in [0, 0.1) is 5.82 Å². The second kappa shape index (κ2) is 8.44. The van der Waals surface area contributed by atoms with Gasteiger partial charge >= 0.3 is 0 Å². The fraction of sp³-hybridized carbons (Fsp3) is 0.350. The highest BCUT2D eigenvalue weighted by Crippen LogP contribution is 2.30. The predicted molar refractivity (Wildman–Crippen MR) is 105 cm³/mol. The van der Waals surface area contributed by atoms with Gasteiger partial charge in [-0.25, -0.2) is 4.39 Å². The highest BCUT2D eigenvalue weighted by molar-refractivity contribution is 9.10. The lowest BCUT2D eigenvalue weighted by Crippen LogP contribution is -2.38. The van der Waals surface area contributed by atoms with Crippen molar-refractivity contribution in [1.82, 2.24) is 4.90 Å². The van der Waals surface area contributed by atoms with Crippen LogP contribution in [0.5, 0.6) is 0 Å². The maximum Gasteiger partial charge on any atom is 0.223 e. The van der Waals surface area contributed by atoms with Crippen molar-refractivity contribution < 1.29 is 13.4 Å². The number of hydrogen-bond donors (Lipinski definition) is 0. The number of hydrogen-bond acceptors (Lipinski definition) is 2. The average Bonchev–Trinajstić information content (AvgIpc) is 2.63. The molecule has 1 amide bonds. The van der Waals surface area contributed by atoms with Crippen molar-refractivity contribution in [3.05, 3.63) is 63.9 Å². The lowest BCUT2D eigenvalue weighted by atomic mass is 9.93. The fourth-order valence-corrected chi connectivity index (χ4v) is 4.67. The van der Waals surface area contributed by atoms with E-state index < -0.39 is 10.8 Å². The normalized spacial score (nSPS) is 17.7. The first-order valence-electron chi connectivity index (χ1n) is 8.67. The molecule has 0 radical (unpaired) electrons. The van der Waals surface area contributed by atoms with Crippen molar-refractivity contribution in [2.45, 2.75) is 37.1 Å². The van der Waals surface area contributed by atoms with Crippen LogP contribution in [0.4, 0.5) is 4.39 Å². The number of benzene rings is 2. The third-order valence-electron chi connectivity index (χ3n) is 4.76. The van der Waals surface area contributed by atoms with Crippen molar-refractivity contribution in [3.8, 4) is 0 Å². The summed E-state index contributed by atoms with van der Waals surface area (Å²) in [6.45, 7) is 2.59. The van der Waals surface area contributed by atoms with Gasteiger partial charge in [0, 0.05) is 28.1 Å².